The summed E-state index contributed by atoms with van der Waals surface area (Å²) in [5.41, 5.74) is 1.01. The second-order valence-electron chi connectivity index (χ2n) is 4.53. The smallest absolute Gasteiger partial charge is 0.237 e. The summed E-state index contributed by atoms with van der Waals surface area (Å²) in [6, 6.07) is 0.0939. The Bertz CT molecular complexity index is 714. The molecule has 0 aliphatic rings. The van der Waals surface area contributed by atoms with Gasteiger partial charge in [-0.1, -0.05) is 0 Å². The van der Waals surface area contributed by atoms with Crippen LogP contribution in [-0.2, 0) is 13.6 Å². The van der Waals surface area contributed by atoms with Crippen LogP contribution >= 0.6 is 11.3 Å². The number of imidazole rings is 1. The SMILES string of the molecule is COc1nc2sccn2c1CNC(C)c1nncn1C. The van der Waals surface area contributed by atoms with Crippen molar-refractivity contribution >= 4 is 16.3 Å². The fourth-order valence-electron chi connectivity index (χ4n) is 2.16. The zero-order valence-electron chi connectivity index (χ0n) is 11.6. The van der Waals surface area contributed by atoms with E-state index in [1.807, 2.05) is 27.6 Å². The van der Waals surface area contributed by atoms with Crippen molar-refractivity contribution in [3.8, 4) is 5.88 Å². The van der Waals surface area contributed by atoms with Crippen molar-refractivity contribution in [2.45, 2.75) is 19.5 Å². The summed E-state index contributed by atoms with van der Waals surface area (Å²) in [5.74, 6) is 1.56. The number of methoxy groups -OCH3 is 1. The molecule has 0 saturated carbocycles. The molecule has 0 bridgehead atoms. The van der Waals surface area contributed by atoms with E-state index < -0.39 is 0 Å². The molecule has 0 saturated heterocycles. The first kappa shape index (κ1) is 13.1. The second kappa shape index (κ2) is 5.22. The monoisotopic (exact) mass is 292 g/mol. The third-order valence-corrected chi connectivity index (χ3v) is 3.98. The van der Waals surface area contributed by atoms with Crippen LogP contribution in [0.1, 0.15) is 24.5 Å². The van der Waals surface area contributed by atoms with E-state index in [-0.39, 0.29) is 6.04 Å². The molecule has 0 aliphatic carbocycles. The Labute approximate surface area is 120 Å². The van der Waals surface area contributed by atoms with Gasteiger partial charge in [0.25, 0.3) is 0 Å². The molecule has 0 spiro atoms. The first-order valence-electron chi connectivity index (χ1n) is 6.26. The van der Waals surface area contributed by atoms with Crippen molar-refractivity contribution in [2.24, 2.45) is 7.05 Å². The average Bonchev–Trinajstić information content (AvgIpc) is 3.11. The minimum absolute atomic E-state index is 0.0939. The van der Waals surface area contributed by atoms with Crippen LogP contribution in [0.2, 0.25) is 0 Å². The highest BCUT2D eigenvalue weighted by Crippen LogP contribution is 2.23. The predicted molar refractivity (Wildman–Crippen MR) is 75.9 cm³/mol. The minimum Gasteiger partial charge on any atom is -0.480 e. The summed E-state index contributed by atoms with van der Waals surface area (Å²) in [4.78, 5) is 5.37. The van der Waals surface area contributed by atoms with Crippen LogP contribution in [0, 0.1) is 0 Å². The summed E-state index contributed by atoms with van der Waals surface area (Å²) in [6.45, 7) is 2.71. The van der Waals surface area contributed by atoms with Gasteiger partial charge in [0.2, 0.25) is 5.88 Å². The Morgan fingerprint density at radius 3 is 3.05 bits per heavy atom. The van der Waals surface area contributed by atoms with E-state index >= 15 is 0 Å². The number of aryl methyl sites for hydroxylation is 1. The Kier molecular flexibility index (Phi) is 3.41. The van der Waals surface area contributed by atoms with E-state index in [1.54, 1.807) is 24.8 Å². The predicted octanol–water partition coefficient (Wildman–Crippen LogP) is 1.38. The number of thiazole rings is 1. The molecule has 1 N–H and O–H groups in total. The van der Waals surface area contributed by atoms with Gasteiger partial charge in [0.1, 0.15) is 17.8 Å². The van der Waals surface area contributed by atoms with Crippen LogP contribution in [0.15, 0.2) is 17.9 Å². The molecule has 3 heterocycles. The van der Waals surface area contributed by atoms with Crippen molar-refractivity contribution in [2.75, 3.05) is 7.11 Å². The molecule has 20 heavy (non-hydrogen) atoms. The molecule has 8 heteroatoms. The van der Waals surface area contributed by atoms with Gasteiger partial charge in [0.15, 0.2) is 4.96 Å². The number of nitrogens with zero attached hydrogens (tertiary/aromatic N) is 5. The second-order valence-corrected chi connectivity index (χ2v) is 5.40. The van der Waals surface area contributed by atoms with E-state index in [0.717, 1.165) is 16.5 Å². The average molecular weight is 292 g/mol. The molecule has 106 valence electrons. The van der Waals surface area contributed by atoms with Gasteiger partial charge >= 0.3 is 0 Å². The Morgan fingerprint density at radius 2 is 2.35 bits per heavy atom. The molecule has 3 aromatic rings. The normalized spacial score (nSPS) is 12.9. The molecule has 0 radical (unpaired) electrons. The van der Waals surface area contributed by atoms with Gasteiger partial charge in [0, 0.05) is 25.2 Å². The molecule has 0 aliphatic heterocycles. The van der Waals surface area contributed by atoms with Crippen molar-refractivity contribution in [3.63, 3.8) is 0 Å². The number of fused-ring (bicyclic) bond motifs is 1. The summed E-state index contributed by atoms with van der Waals surface area (Å²) >= 11 is 1.59. The minimum atomic E-state index is 0.0939. The fraction of sp³-hybridized carbons (Fsp3) is 0.417. The van der Waals surface area contributed by atoms with E-state index in [9.17, 15) is 0 Å². The summed E-state index contributed by atoms with van der Waals surface area (Å²) in [5, 5.41) is 13.4. The van der Waals surface area contributed by atoms with Crippen LogP contribution in [0.4, 0.5) is 0 Å². The largest absolute Gasteiger partial charge is 0.480 e. The van der Waals surface area contributed by atoms with Gasteiger partial charge in [-0.05, 0) is 6.92 Å². The molecule has 3 aromatic heterocycles. The third-order valence-electron chi connectivity index (χ3n) is 3.23. The van der Waals surface area contributed by atoms with Crippen molar-refractivity contribution in [1.29, 1.82) is 0 Å². The highest BCUT2D eigenvalue weighted by atomic mass is 32.1. The first-order valence-corrected chi connectivity index (χ1v) is 7.14. The van der Waals surface area contributed by atoms with Gasteiger partial charge in [0.05, 0.1) is 13.2 Å². The molecular formula is C12H16N6OS. The standard InChI is InChI=1S/C12H16N6OS/c1-8(10-16-14-7-17(10)2)13-6-9-11(19-3)15-12-18(9)4-5-20-12/h4-5,7-8,13H,6H2,1-3H3. The van der Waals surface area contributed by atoms with Crippen LogP contribution in [0.25, 0.3) is 4.96 Å². The van der Waals surface area contributed by atoms with Crippen LogP contribution in [0.3, 0.4) is 0 Å². The van der Waals surface area contributed by atoms with E-state index in [1.165, 1.54) is 0 Å². The number of hydrogen-bond donors (Lipinski definition) is 1. The lowest BCUT2D eigenvalue weighted by Crippen LogP contribution is -2.22. The highest BCUT2D eigenvalue weighted by Gasteiger charge is 2.16. The Balaban J connectivity index is 1.79. The molecule has 1 unspecified atom stereocenters. The Hall–Kier alpha value is -1.93. The van der Waals surface area contributed by atoms with Crippen molar-refractivity contribution in [3.05, 3.63) is 29.4 Å². The fourth-order valence-corrected chi connectivity index (χ4v) is 2.89. The lowest BCUT2D eigenvalue weighted by molar-refractivity contribution is 0.390. The highest BCUT2D eigenvalue weighted by molar-refractivity contribution is 7.15. The van der Waals surface area contributed by atoms with E-state index in [2.05, 4.69) is 27.4 Å². The van der Waals surface area contributed by atoms with Crippen LogP contribution < -0.4 is 10.1 Å². The zero-order valence-corrected chi connectivity index (χ0v) is 12.4. The van der Waals surface area contributed by atoms with E-state index in [0.29, 0.717) is 12.4 Å². The molecule has 7 nitrogen and oxygen atoms in total. The van der Waals surface area contributed by atoms with Crippen molar-refractivity contribution in [1.82, 2.24) is 29.5 Å². The molecule has 3 rings (SSSR count). The number of nitrogens with one attached hydrogen (secondary N) is 1. The number of aromatic nitrogens is 5. The van der Waals surface area contributed by atoms with E-state index in [4.69, 9.17) is 4.74 Å². The maximum Gasteiger partial charge on any atom is 0.237 e. The van der Waals surface area contributed by atoms with Gasteiger partial charge in [-0.2, -0.15) is 4.98 Å². The van der Waals surface area contributed by atoms with Gasteiger partial charge in [-0.25, -0.2) is 0 Å². The number of rotatable bonds is 5. The zero-order chi connectivity index (χ0) is 14.1. The molecule has 1 atom stereocenters. The maximum atomic E-state index is 5.34. The van der Waals surface area contributed by atoms with Gasteiger partial charge in [-0.15, -0.1) is 21.5 Å². The lowest BCUT2D eigenvalue weighted by atomic mass is 10.3. The third kappa shape index (κ3) is 2.16. The molecule has 0 fully saturated rings. The first-order chi connectivity index (χ1) is 9.70. The Morgan fingerprint density at radius 1 is 1.50 bits per heavy atom. The van der Waals surface area contributed by atoms with Crippen LogP contribution in [0.5, 0.6) is 5.88 Å². The van der Waals surface area contributed by atoms with Crippen LogP contribution in [-0.4, -0.2) is 31.3 Å². The topological polar surface area (TPSA) is 69.3 Å². The quantitative estimate of drug-likeness (QED) is 0.769. The lowest BCUT2D eigenvalue weighted by Gasteiger charge is -2.12. The molecular weight excluding hydrogens is 276 g/mol. The van der Waals surface area contributed by atoms with Gasteiger partial charge in [-0.3, -0.25) is 4.40 Å². The summed E-state index contributed by atoms with van der Waals surface area (Å²) in [7, 11) is 3.58. The van der Waals surface area contributed by atoms with Crippen molar-refractivity contribution < 1.29 is 4.74 Å². The molecule has 0 amide bonds. The maximum absolute atomic E-state index is 5.34. The van der Waals surface area contributed by atoms with Gasteiger partial charge < -0.3 is 14.6 Å². The number of ether oxygens (including phenoxy) is 1. The number of hydrogen-bond acceptors (Lipinski definition) is 6. The summed E-state index contributed by atoms with van der Waals surface area (Å²) in [6.07, 6.45) is 3.70. The molecule has 0 aromatic carbocycles. The summed E-state index contributed by atoms with van der Waals surface area (Å²) < 4.78 is 9.29.